The number of carbonyl (C=O) groups is 2. The summed E-state index contributed by atoms with van der Waals surface area (Å²) >= 11 is 0. The number of imidazole rings is 1. The van der Waals surface area contributed by atoms with Crippen molar-refractivity contribution in [3.63, 3.8) is 0 Å². The zero-order valence-corrected chi connectivity index (χ0v) is 19.1. The van der Waals surface area contributed by atoms with Crippen LogP contribution in [0.4, 0.5) is 5.69 Å². The number of benzene rings is 1. The Morgan fingerprint density at radius 2 is 1.85 bits per heavy atom. The van der Waals surface area contributed by atoms with E-state index in [0.29, 0.717) is 11.8 Å². The van der Waals surface area contributed by atoms with E-state index in [1.807, 2.05) is 12.1 Å². The minimum atomic E-state index is -0.638. The minimum Gasteiger partial charge on any atom is -0.369 e. The SMILES string of the molecule is Cn1c(=O)n(C2CCC(=O)NC2=O)c2cccc(N3CC4(CC(CN5CC6CC6C5)C4)C3)c21. The molecular formula is C25H31N5O3. The average Bonchev–Trinajstić information content (AvgIpc) is 3.26. The van der Waals surface area contributed by atoms with Crippen LogP contribution in [0.15, 0.2) is 23.0 Å². The Morgan fingerprint density at radius 1 is 1.09 bits per heavy atom. The van der Waals surface area contributed by atoms with Gasteiger partial charge in [-0.05, 0) is 55.6 Å². The maximum absolute atomic E-state index is 13.2. The summed E-state index contributed by atoms with van der Waals surface area (Å²) in [4.78, 5) is 42.3. The maximum Gasteiger partial charge on any atom is 0.329 e. The second kappa shape index (κ2) is 6.72. The smallest absolute Gasteiger partial charge is 0.329 e. The number of para-hydroxylation sites is 1. The van der Waals surface area contributed by atoms with Crippen LogP contribution in [0.1, 0.15) is 38.1 Å². The monoisotopic (exact) mass is 449 g/mol. The lowest BCUT2D eigenvalue weighted by Crippen LogP contribution is -2.63. The Hall–Kier alpha value is -2.61. The standard InChI is InChI=1S/C25H31N5O3/c1-27-22-18(3-2-4-19(22)30(24(27)33)20-5-6-21(31)26-23(20)32)29-13-25(14-29)8-15(9-25)10-28-11-16-7-17(16)12-28/h2-4,15-17,20H,5-14H2,1H3,(H,26,31,32). The number of fused-ring (bicyclic) bond motifs is 2. The van der Waals surface area contributed by atoms with Gasteiger partial charge in [-0.3, -0.25) is 24.0 Å². The fourth-order valence-corrected chi connectivity index (χ4v) is 7.40. The van der Waals surface area contributed by atoms with Gasteiger partial charge in [-0.15, -0.1) is 0 Å². The van der Waals surface area contributed by atoms with Gasteiger partial charge in [0.25, 0.3) is 0 Å². The van der Waals surface area contributed by atoms with Crippen molar-refractivity contribution < 1.29 is 9.59 Å². The van der Waals surface area contributed by atoms with Gasteiger partial charge < -0.3 is 9.80 Å². The fraction of sp³-hybridized carbons (Fsp3) is 0.640. The van der Waals surface area contributed by atoms with E-state index in [2.05, 4.69) is 21.2 Å². The van der Waals surface area contributed by atoms with Crippen molar-refractivity contribution >= 4 is 28.5 Å². The van der Waals surface area contributed by atoms with E-state index in [4.69, 9.17) is 0 Å². The molecule has 2 saturated carbocycles. The molecule has 8 nitrogen and oxygen atoms in total. The fourth-order valence-electron chi connectivity index (χ4n) is 7.40. The van der Waals surface area contributed by atoms with Crippen molar-refractivity contribution in [2.24, 2.45) is 30.2 Å². The van der Waals surface area contributed by atoms with Crippen LogP contribution in [0.3, 0.4) is 0 Å². The van der Waals surface area contributed by atoms with E-state index in [0.717, 1.165) is 47.6 Å². The van der Waals surface area contributed by atoms with Gasteiger partial charge in [0.1, 0.15) is 6.04 Å². The third-order valence-electron chi connectivity index (χ3n) is 9.01. The first kappa shape index (κ1) is 19.8. The zero-order chi connectivity index (χ0) is 22.5. The molecule has 3 atom stereocenters. The molecule has 3 saturated heterocycles. The predicted molar refractivity (Wildman–Crippen MR) is 124 cm³/mol. The first-order chi connectivity index (χ1) is 15.9. The van der Waals surface area contributed by atoms with E-state index < -0.39 is 6.04 Å². The second-order valence-corrected chi connectivity index (χ2v) is 11.4. The highest BCUT2D eigenvalue weighted by Gasteiger charge is 2.54. The molecule has 0 bridgehead atoms. The lowest BCUT2D eigenvalue weighted by Gasteiger charge is -2.60. The molecule has 1 aromatic carbocycles. The van der Waals surface area contributed by atoms with Crippen molar-refractivity contribution in [3.05, 3.63) is 28.7 Å². The molecule has 8 heteroatoms. The molecule has 1 N–H and O–H groups in total. The number of hydrogen-bond donors (Lipinski definition) is 1. The lowest BCUT2D eigenvalue weighted by atomic mass is 9.57. The molecule has 2 amide bonds. The molecule has 7 rings (SSSR count). The maximum atomic E-state index is 13.2. The number of imide groups is 1. The summed E-state index contributed by atoms with van der Waals surface area (Å²) in [6.07, 6.45) is 4.73. The van der Waals surface area contributed by atoms with E-state index >= 15 is 0 Å². The third kappa shape index (κ3) is 2.95. The van der Waals surface area contributed by atoms with Gasteiger partial charge in [-0.1, -0.05) is 6.07 Å². The highest BCUT2D eigenvalue weighted by Crippen LogP contribution is 2.54. The number of nitrogens with one attached hydrogen (secondary N) is 1. The van der Waals surface area contributed by atoms with Crippen molar-refractivity contribution in [2.45, 2.75) is 38.1 Å². The number of rotatable bonds is 4. The van der Waals surface area contributed by atoms with Gasteiger partial charge in [0, 0.05) is 51.6 Å². The quantitative estimate of drug-likeness (QED) is 0.716. The molecule has 1 aromatic heterocycles. The van der Waals surface area contributed by atoms with Crippen molar-refractivity contribution in [1.29, 1.82) is 0 Å². The normalized spacial score (nSPS) is 30.9. The number of anilines is 1. The number of hydrogen-bond acceptors (Lipinski definition) is 5. The van der Waals surface area contributed by atoms with E-state index in [9.17, 15) is 14.4 Å². The number of carbonyl (C=O) groups excluding carboxylic acids is 2. The van der Waals surface area contributed by atoms with Crippen LogP contribution in [0.5, 0.6) is 0 Å². The highest BCUT2D eigenvalue weighted by molar-refractivity contribution is 6.00. The van der Waals surface area contributed by atoms with Crippen LogP contribution in [-0.4, -0.2) is 58.6 Å². The number of piperidine rings is 2. The van der Waals surface area contributed by atoms with Gasteiger partial charge >= 0.3 is 5.69 Å². The predicted octanol–water partition coefficient (Wildman–Crippen LogP) is 1.49. The molecular weight excluding hydrogens is 418 g/mol. The van der Waals surface area contributed by atoms with Crippen LogP contribution in [0, 0.1) is 23.2 Å². The van der Waals surface area contributed by atoms with Gasteiger partial charge in [-0.25, -0.2) is 4.79 Å². The van der Waals surface area contributed by atoms with Crippen molar-refractivity contribution in [1.82, 2.24) is 19.4 Å². The molecule has 174 valence electrons. The summed E-state index contributed by atoms with van der Waals surface area (Å²) in [5.41, 5.74) is 2.98. The van der Waals surface area contributed by atoms with Crippen molar-refractivity contribution in [2.75, 3.05) is 37.6 Å². The van der Waals surface area contributed by atoms with Crippen LogP contribution < -0.4 is 15.9 Å². The summed E-state index contributed by atoms with van der Waals surface area (Å²) in [6, 6.07) is 5.35. The summed E-state index contributed by atoms with van der Waals surface area (Å²) in [7, 11) is 1.78. The average molecular weight is 450 g/mol. The van der Waals surface area contributed by atoms with E-state index in [-0.39, 0.29) is 23.9 Å². The highest BCUT2D eigenvalue weighted by atomic mass is 16.2. The van der Waals surface area contributed by atoms with E-state index in [1.165, 1.54) is 38.9 Å². The minimum absolute atomic E-state index is 0.199. The first-order valence-corrected chi connectivity index (χ1v) is 12.4. The van der Waals surface area contributed by atoms with Crippen LogP contribution in [0.2, 0.25) is 0 Å². The molecule has 3 unspecified atom stereocenters. The Kier molecular flexibility index (Phi) is 4.03. The number of aromatic nitrogens is 2. The molecule has 5 fully saturated rings. The van der Waals surface area contributed by atoms with Gasteiger partial charge in [0.15, 0.2) is 0 Å². The Morgan fingerprint density at radius 3 is 2.58 bits per heavy atom. The number of likely N-dealkylation sites (tertiary alicyclic amines) is 1. The molecule has 5 aliphatic rings. The molecule has 3 aliphatic heterocycles. The Bertz CT molecular complexity index is 1220. The second-order valence-electron chi connectivity index (χ2n) is 11.4. The molecule has 4 heterocycles. The van der Waals surface area contributed by atoms with E-state index in [1.54, 1.807) is 16.2 Å². The largest absolute Gasteiger partial charge is 0.369 e. The first-order valence-electron chi connectivity index (χ1n) is 12.4. The topological polar surface area (TPSA) is 79.6 Å². The van der Waals surface area contributed by atoms with Crippen LogP contribution >= 0.6 is 0 Å². The van der Waals surface area contributed by atoms with Gasteiger partial charge in [0.2, 0.25) is 11.8 Å². The third-order valence-corrected chi connectivity index (χ3v) is 9.01. The molecule has 1 spiro atoms. The van der Waals surface area contributed by atoms with Gasteiger partial charge in [0.05, 0.1) is 16.7 Å². The Labute approximate surface area is 192 Å². The summed E-state index contributed by atoms with van der Waals surface area (Å²) in [5.74, 6) is 2.22. The number of aryl methyl sites for hydroxylation is 1. The molecule has 2 aromatic rings. The number of amides is 2. The van der Waals surface area contributed by atoms with Gasteiger partial charge in [-0.2, -0.15) is 0 Å². The van der Waals surface area contributed by atoms with Crippen molar-refractivity contribution in [3.8, 4) is 0 Å². The Balaban J connectivity index is 1.09. The summed E-state index contributed by atoms with van der Waals surface area (Å²) in [5, 5.41) is 2.39. The molecule has 0 radical (unpaired) electrons. The lowest BCUT2D eigenvalue weighted by molar-refractivity contribution is -0.135. The van der Waals surface area contributed by atoms with Crippen LogP contribution in [-0.2, 0) is 16.6 Å². The zero-order valence-electron chi connectivity index (χ0n) is 19.1. The summed E-state index contributed by atoms with van der Waals surface area (Å²) < 4.78 is 3.25. The summed E-state index contributed by atoms with van der Waals surface area (Å²) in [6.45, 7) is 6.05. The molecule has 2 aliphatic carbocycles. The van der Waals surface area contributed by atoms with Crippen LogP contribution in [0.25, 0.3) is 11.0 Å². The molecule has 33 heavy (non-hydrogen) atoms. The number of nitrogens with zero attached hydrogens (tertiary/aromatic N) is 4.